The second-order valence-corrected chi connectivity index (χ2v) is 7.35. The van der Waals surface area contributed by atoms with Crippen LogP contribution < -0.4 is 10.1 Å². The van der Waals surface area contributed by atoms with Gasteiger partial charge in [0.1, 0.15) is 11.8 Å². The predicted molar refractivity (Wildman–Crippen MR) is 118 cm³/mol. The molecule has 3 aromatic carbocycles. The first kappa shape index (κ1) is 20.6. The second-order valence-electron chi connectivity index (χ2n) is 6.92. The predicted octanol–water partition coefficient (Wildman–Crippen LogP) is 4.98. The number of carbonyl (C=O) groups excluding carboxylic acids is 1. The molecule has 1 heterocycles. The van der Waals surface area contributed by atoms with Crippen molar-refractivity contribution in [2.45, 2.75) is 13.0 Å². The van der Waals surface area contributed by atoms with Crippen LogP contribution in [0.5, 0.6) is 5.75 Å². The van der Waals surface area contributed by atoms with Crippen LogP contribution in [0.3, 0.4) is 0 Å². The van der Waals surface area contributed by atoms with Gasteiger partial charge in [0.2, 0.25) is 11.8 Å². The Morgan fingerprint density at radius 1 is 1.00 bits per heavy atom. The van der Waals surface area contributed by atoms with Crippen molar-refractivity contribution >= 4 is 17.5 Å². The molecule has 1 atom stereocenters. The maximum Gasteiger partial charge on any atom is 0.258 e. The summed E-state index contributed by atoms with van der Waals surface area (Å²) < 4.78 is 11.6. The third-order valence-electron chi connectivity index (χ3n) is 4.67. The van der Waals surface area contributed by atoms with E-state index in [1.165, 1.54) is 0 Å². The average molecular weight is 434 g/mol. The molecule has 0 aliphatic rings. The lowest BCUT2D eigenvalue weighted by atomic mass is 10.1. The van der Waals surface area contributed by atoms with Crippen LogP contribution in [0.15, 0.2) is 83.3 Å². The second kappa shape index (κ2) is 9.45. The van der Waals surface area contributed by atoms with E-state index >= 15 is 0 Å². The molecule has 0 spiro atoms. The summed E-state index contributed by atoms with van der Waals surface area (Å²) in [4.78, 5) is 12.7. The Morgan fingerprint density at radius 2 is 1.71 bits per heavy atom. The molecule has 0 saturated carbocycles. The van der Waals surface area contributed by atoms with Crippen molar-refractivity contribution in [3.63, 3.8) is 0 Å². The first-order valence-corrected chi connectivity index (χ1v) is 10.1. The third kappa shape index (κ3) is 5.10. The van der Waals surface area contributed by atoms with Crippen LogP contribution in [0.25, 0.3) is 11.5 Å². The Balaban J connectivity index is 1.55. The minimum absolute atomic E-state index is 0.144. The van der Waals surface area contributed by atoms with Gasteiger partial charge in [-0.2, -0.15) is 0 Å². The lowest BCUT2D eigenvalue weighted by Gasteiger charge is -2.16. The number of halogens is 1. The number of para-hydroxylation sites is 1. The highest BCUT2D eigenvalue weighted by molar-refractivity contribution is 6.30. The van der Waals surface area contributed by atoms with Crippen LogP contribution in [0.2, 0.25) is 5.02 Å². The summed E-state index contributed by atoms with van der Waals surface area (Å²) in [7, 11) is 0. The van der Waals surface area contributed by atoms with Gasteiger partial charge in [-0.3, -0.25) is 4.79 Å². The molecule has 1 unspecified atom stereocenters. The van der Waals surface area contributed by atoms with Gasteiger partial charge >= 0.3 is 0 Å². The molecule has 1 N–H and O–H groups in total. The number of nitrogens with zero attached hydrogens (tertiary/aromatic N) is 2. The van der Waals surface area contributed by atoms with Crippen molar-refractivity contribution in [2.24, 2.45) is 0 Å². The van der Waals surface area contributed by atoms with E-state index in [0.29, 0.717) is 16.7 Å². The lowest BCUT2D eigenvalue weighted by Crippen LogP contribution is -2.33. The van der Waals surface area contributed by atoms with E-state index in [9.17, 15) is 4.79 Å². The molecule has 0 aliphatic carbocycles. The van der Waals surface area contributed by atoms with Crippen LogP contribution in [0.4, 0.5) is 0 Å². The Hall–Kier alpha value is -3.64. The Bertz CT molecular complexity index is 1160. The minimum Gasteiger partial charge on any atom is -0.484 e. The fourth-order valence-electron chi connectivity index (χ4n) is 3.06. The van der Waals surface area contributed by atoms with Crippen molar-refractivity contribution in [3.8, 4) is 17.2 Å². The first-order valence-electron chi connectivity index (χ1n) is 9.72. The number of ether oxygens (including phenoxy) is 1. The zero-order chi connectivity index (χ0) is 21.6. The van der Waals surface area contributed by atoms with Crippen molar-refractivity contribution in [3.05, 3.63) is 101 Å². The van der Waals surface area contributed by atoms with E-state index in [1.54, 1.807) is 12.1 Å². The fourth-order valence-corrected chi connectivity index (χ4v) is 3.18. The summed E-state index contributed by atoms with van der Waals surface area (Å²) in [5, 5.41) is 11.8. The molecule has 31 heavy (non-hydrogen) atoms. The molecule has 4 rings (SSSR count). The quantitative estimate of drug-likeness (QED) is 0.444. The maximum absolute atomic E-state index is 12.7. The van der Waals surface area contributed by atoms with Gasteiger partial charge in [0, 0.05) is 10.6 Å². The number of nitrogens with one attached hydrogen (secondary N) is 1. The molecule has 156 valence electrons. The van der Waals surface area contributed by atoms with Crippen LogP contribution in [0, 0.1) is 6.92 Å². The van der Waals surface area contributed by atoms with Crippen LogP contribution in [-0.2, 0) is 4.79 Å². The Morgan fingerprint density at radius 3 is 2.45 bits per heavy atom. The van der Waals surface area contributed by atoms with Gasteiger partial charge in [-0.05, 0) is 48.4 Å². The molecular formula is C24H20ClN3O3. The van der Waals surface area contributed by atoms with Gasteiger partial charge in [0.25, 0.3) is 5.91 Å². The zero-order valence-corrected chi connectivity index (χ0v) is 17.5. The molecule has 1 aromatic heterocycles. The molecular weight excluding hydrogens is 414 g/mol. The summed E-state index contributed by atoms with van der Waals surface area (Å²) >= 11 is 6.03. The number of benzene rings is 3. The van der Waals surface area contributed by atoms with Crippen LogP contribution in [0.1, 0.15) is 23.1 Å². The first-order chi connectivity index (χ1) is 15.1. The fraction of sp³-hybridized carbons (Fsp3) is 0.125. The molecule has 0 saturated heterocycles. The molecule has 4 aromatic rings. The van der Waals surface area contributed by atoms with Crippen molar-refractivity contribution in [1.82, 2.24) is 15.5 Å². The van der Waals surface area contributed by atoms with Gasteiger partial charge in [0.15, 0.2) is 6.61 Å². The number of hydrogen-bond donors (Lipinski definition) is 1. The summed E-state index contributed by atoms with van der Waals surface area (Å²) in [5.41, 5.74) is 2.51. The van der Waals surface area contributed by atoms with Gasteiger partial charge in [-0.25, -0.2) is 0 Å². The van der Waals surface area contributed by atoms with E-state index in [0.717, 1.165) is 16.7 Å². The number of rotatable bonds is 7. The van der Waals surface area contributed by atoms with E-state index in [1.807, 2.05) is 73.7 Å². The smallest absolute Gasteiger partial charge is 0.258 e. The van der Waals surface area contributed by atoms with Gasteiger partial charge in [-0.15, -0.1) is 10.2 Å². The zero-order valence-electron chi connectivity index (χ0n) is 16.8. The highest BCUT2D eigenvalue weighted by atomic mass is 35.5. The van der Waals surface area contributed by atoms with E-state index in [2.05, 4.69) is 15.5 Å². The minimum atomic E-state index is -0.643. The molecule has 0 radical (unpaired) electrons. The number of hydrogen-bond acceptors (Lipinski definition) is 5. The number of aromatic nitrogens is 2. The highest BCUT2D eigenvalue weighted by Crippen LogP contribution is 2.26. The normalized spacial score (nSPS) is 11.7. The highest BCUT2D eigenvalue weighted by Gasteiger charge is 2.24. The SMILES string of the molecule is Cc1ccccc1OCC(=O)NC(c1ccc(Cl)cc1)c1nnc(-c2ccccc2)o1. The molecule has 1 amide bonds. The van der Waals surface area contributed by atoms with Crippen molar-refractivity contribution in [1.29, 1.82) is 0 Å². The molecule has 0 fully saturated rings. The van der Waals surface area contributed by atoms with E-state index in [-0.39, 0.29) is 18.4 Å². The standard InChI is InChI=1S/C24H20ClN3O3/c1-16-7-5-6-10-20(16)30-15-21(29)26-22(17-11-13-19(25)14-12-17)24-28-27-23(31-24)18-8-3-2-4-9-18/h2-14,22H,15H2,1H3,(H,26,29). The largest absolute Gasteiger partial charge is 0.484 e. The summed E-state index contributed by atoms with van der Waals surface area (Å²) in [6.45, 7) is 1.78. The van der Waals surface area contributed by atoms with Crippen LogP contribution >= 0.6 is 11.6 Å². The van der Waals surface area contributed by atoms with Gasteiger partial charge in [-0.1, -0.05) is 60.1 Å². The Labute approximate surface area is 184 Å². The van der Waals surface area contributed by atoms with Crippen molar-refractivity contribution < 1.29 is 13.9 Å². The summed E-state index contributed by atoms with van der Waals surface area (Å²) in [6, 6.07) is 23.4. The molecule has 0 aliphatic heterocycles. The van der Waals surface area contributed by atoms with E-state index < -0.39 is 6.04 Å². The number of aryl methyl sites for hydroxylation is 1. The lowest BCUT2D eigenvalue weighted by molar-refractivity contribution is -0.123. The monoisotopic (exact) mass is 433 g/mol. The molecule has 6 nitrogen and oxygen atoms in total. The number of amides is 1. The Kier molecular flexibility index (Phi) is 6.29. The third-order valence-corrected chi connectivity index (χ3v) is 4.92. The van der Waals surface area contributed by atoms with E-state index in [4.69, 9.17) is 20.8 Å². The average Bonchev–Trinajstić information content (AvgIpc) is 3.28. The molecule has 7 heteroatoms. The molecule has 0 bridgehead atoms. The summed E-state index contributed by atoms with van der Waals surface area (Å²) in [5.74, 6) is 0.984. The van der Waals surface area contributed by atoms with Crippen molar-refractivity contribution in [2.75, 3.05) is 6.61 Å². The maximum atomic E-state index is 12.7. The van der Waals surface area contributed by atoms with Gasteiger partial charge < -0.3 is 14.5 Å². The van der Waals surface area contributed by atoms with Gasteiger partial charge in [0.05, 0.1) is 0 Å². The number of carbonyl (C=O) groups is 1. The van der Waals surface area contributed by atoms with Crippen LogP contribution in [-0.4, -0.2) is 22.7 Å². The topological polar surface area (TPSA) is 77.2 Å². The summed E-state index contributed by atoms with van der Waals surface area (Å²) in [6.07, 6.45) is 0.